The van der Waals surface area contributed by atoms with E-state index in [0.717, 1.165) is 18.5 Å². The molecule has 0 aliphatic rings. The van der Waals surface area contributed by atoms with Gasteiger partial charge in [0.1, 0.15) is 5.82 Å². The Morgan fingerprint density at radius 2 is 1.80 bits per heavy atom. The summed E-state index contributed by atoms with van der Waals surface area (Å²) in [5, 5.41) is 6.88. The first-order chi connectivity index (χ1) is 9.69. The Labute approximate surface area is 117 Å². The molecule has 7 nitrogen and oxygen atoms in total. The van der Waals surface area contributed by atoms with E-state index < -0.39 is 0 Å². The Hall–Kier alpha value is -2.28. The van der Waals surface area contributed by atoms with Crippen molar-refractivity contribution in [2.45, 2.75) is 0 Å². The number of methoxy groups -OCH3 is 2. The molecule has 0 aliphatic heterocycles. The predicted molar refractivity (Wildman–Crippen MR) is 79.5 cm³/mol. The number of fused-ring (bicyclic) bond motifs is 1. The monoisotopic (exact) mass is 277 g/mol. The number of hydrogen-bond donors (Lipinski definition) is 3. The summed E-state index contributed by atoms with van der Waals surface area (Å²) in [4.78, 5) is 8.66. The Bertz CT molecular complexity index is 603. The molecule has 7 heteroatoms. The summed E-state index contributed by atoms with van der Waals surface area (Å²) in [5.74, 6) is 2.12. The highest BCUT2D eigenvalue weighted by atomic mass is 16.5. The number of likely N-dealkylation sites (N-methyl/N-ethyl adjacent to an activating group) is 1. The van der Waals surface area contributed by atoms with Crippen molar-refractivity contribution in [3.05, 3.63) is 12.1 Å². The van der Waals surface area contributed by atoms with E-state index in [-0.39, 0.29) is 0 Å². The zero-order valence-electron chi connectivity index (χ0n) is 11.9. The molecule has 0 bridgehead atoms. The standard InChI is InChI=1S/C13H19N5O2/c1-15-4-5-16-13-17-9-7-11(20-3)10(19-2)6-8(9)12(14)18-13/h6-7,15H,4-5H2,1-3H3,(H3,14,16,17,18). The van der Waals surface area contributed by atoms with Gasteiger partial charge in [-0.2, -0.15) is 4.98 Å². The molecule has 1 aromatic carbocycles. The van der Waals surface area contributed by atoms with Crippen LogP contribution in [0.15, 0.2) is 12.1 Å². The molecule has 0 aliphatic carbocycles. The first kappa shape index (κ1) is 14.1. The van der Waals surface area contributed by atoms with E-state index >= 15 is 0 Å². The van der Waals surface area contributed by atoms with E-state index in [1.54, 1.807) is 26.4 Å². The lowest BCUT2D eigenvalue weighted by atomic mass is 10.2. The summed E-state index contributed by atoms with van der Waals surface area (Å²) >= 11 is 0. The fourth-order valence-corrected chi connectivity index (χ4v) is 1.86. The minimum absolute atomic E-state index is 0.405. The van der Waals surface area contributed by atoms with Gasteiger partial charge >= 0.3 is 0 Å². The summed E-state index contributed by atoms with van der Waals surface area (Å²) < 4.78 is 10.5. The van der Waals surface area contributed by atoms with Crippen LogP contribution >= 0.6 is 0 Å². The molecule has 4 N–H and O–H groups in total. The van der Waals surface area contributed by atoms with Crippen molar-refractivity contribution < 1.29 is 9.47 Å². The maximum Gasteiger partial charge on any atom is 0.225 e. The van der Waals surface area contributed by atoms with Crippen molar-refractivity contribution in [3.63, 3.8) is 0 Å². The van der Waals surface area contributed by atoms with Gasteiger partial charge in [0.15, 0.2) is 11.5 Å². The molecule has 0 unspecified atom stereocenters. The fraction of sp³-hybridized carbons (Fsp3) is 0.385. The van der Waals surface area contributed by atoms with Crippen LogP contribution < -0.4 is 25.8 Å². The van der Waals surface area contributed by atoms with E-state index in [1.165, 1.54) is 0 Å². The second-order valence-corrected chi connectivity index (χ2v) is 4.19. The molecule has 0 spiro atoms. The molecule has 0 amide bonds. The predicted octanol–water partition coefficient (Wildman–Crippen LogP) is 0.860. The Morgan fingerprint density at radius 1 is 1.10 bits per heavy atom. The number of nitrogens with two attached hydrogens (primary N) is 1. The van der Waals surface area contributed by atoms with Crippen LogP contribution in [0.2, 0.25) is 0 Å². The number of nitrogens with one attached hydrogen (secondary N) is 2. The van der Waals surface area contributed by atoms with E-state index in [4.69, 9.17) is 15.2 Å². The number of ether oxygens (including phenoxy) is 2. The minimum Gasteiger partial charge on any atom is -0.493 e. The lowest BCUT2D eigenvalue weighted by Gasteiger charge is -2.11. The minimum atomic E-state index is 0.405. The Morgan fingerprint density at radius 3 is 2.45 bits per heavy atom. The molecule has 0 saturated heterocycles. The van der Waals surface area contributed by atoms with Crippen LogP contribution in [0.5, 0.6) is 11.5 Å². The van der Waals surface area contributed by atoms with Crippen LogP contribution in [0.4, 0.5) is 11.8 Å². The number of nitrogen functional groups attached to an aromatic ring is 1. The highest BCUT2D eigenvalue weighted by molar-refractivity contribution is 5.91. The third-order valence-corrected chi connectivity index (χ3v) is 2.89. The van der Waals surface area contributed by atoms with Crippen LogP contribution in [0.1, 0.15) is 0 Å². The molecule has 0 fully saturated rings. The van der Waals surface area contributed by atoms with Crippen molar-refractivity contribution in [3.8, 4) is 11.5 Å². The molecule has 0 saturated carbocycles. The van der Waals surface area contributed by atoms with Gasteiger partial charge in [0.2, 0.25) is 5.95 Å². The van der Waals surface area contributed by atoms with Gasteiger partial charge in [-0.05, 0) is 13.1 Å². The zero-order valence-corrected chi connectivity index (χ0v) is 11.9. The van der Waals surface area contributed by atoms with Crippen LogP contribution in [0.3, 0.4) is 0 Å². The van der Waals surface area contributed by atoms with Crippen LogP contribution in [0, 0.1) is 0 Å². The summed E-state index contributed by atoms with van der Waals surface area (Å²) in [6.45, 7) is 1.53. The fourth-order valence-electron chi connectivity index (χ4n) is 1.86. The second-order valence-electron chi connectivity index (χ2n) is 4.19. The molecule has 1 aromatic heterocycles. The first-order valence-corrected chi connectivity index (χ1v) is 6.27. The third-order valence-electron chi connectivity index (χ3n) is 2.89. The van der Waals surface area contributed by atoms with E-state index in [2.05, 4.69) is 20.6 Å². The molecule has 0 atom stereocenters. The van der Waals surface area contributed by atoms with Crippen molar-refractivity contribution in [1.82, 2.24) is 15.3 Å². The summed E-state index contributed by atoms with van der Waals surface area (Å²) in [6, 6.07) is 3.57. The lowest BCUT2D eigenvalue weighted by Crippen LogP contribution is -2.19. The van der Waals surface area contributed by atoms with Crippen molar-refractivity contribution in [2.75, 3.05) is 45.4 Å². The molecule has 108 valence electrons. The van der Waals surface area contributed by atoms with Gasteiger partial charge in [0, 0.05) is 24.5 Å². The topological polar surface area (TPSA) is 94.3 Å². The molecule has 2 rings (SSSR count). The maximum atomic E-state index is 5.97. The van der Waals surface area contributed by atoms with Crippen molar-refractivity contribution >= 4 is 22.7 Å². The normalized spacial score (nSPS) is 10.6. The average Bonchev–Trinajstić information content (AvgIpc) is 2.46. The lowest BCUT2D eigenvalue weighted by molar-refractivity contribution is 0.356. The smallest absolute Gasteiger partial charge is 0.225 e. The number of anilines is 2. The zero-order chi connectivity index (χ0) is 14.5. The summed E-state index contributed by atoms with van der Waals surface area (Å²) in [7, 11) is 5.04. The largest absolute Gasteiger partial charge is 0.493 e. The molecular formula is C13H19N5O2. The van der Waals surface area contributed by atoms with E-state index in [9.17, 15) is 0 Å². The average molecular weight is 277 g/mol. The van der Waals surface area contributed by atoms with Crippen LogP contribution in [-0.2, 0) is 0 Å². The number of hydrogen-bond acceptors (Lipinski definition) is 7. The van der Waals surface area contributed by atoms with Crippen LogP contribution in [0.25, 0.3) is 10.9 Å². The van der Waals surface area contributed by atoms with Gasteiger partial charge in [-0.25, -0.2) is 4.98 Å². The third kappa shape index (κ3) is 2.83. The molecule has 0 radical (unpaired) electrons. The second kappa shape index (κ2) is 6.25. The SMILES string of the molecule is CNCCNc1nc(N)c2cc(OC)c(OC)cc2n1. The van der Waals surface area contributed by atoms with E-state index in [0.29, 0.717) is 28.8 Å². The molecule has 20 heavy (non-hydrogen) atoms. The number of aromatic nitrogens is 2. The van der Waals surface area contributed by atoms with E-state index in [1.807, 2.05) is 7.05 Å². The molecule has 2 aromatic rings. The molecular weight excluding hydrogens is 258 g/mol. The first-order valence-electron chi connectivity index (χ1n) is 6.27. The van der Waals surface area contributed by atoms with Crippen molar-refractivity contribution in [1.29, 1.82) is 0 Å². The van der Waals surface area contributed by atoms with Crippen molar-refractivity contribution in [2.24, 2.45) is 0 Å². The van der Waals surface area contributed by atoms with Crippen LogP contribution in [-0.4, -0.2) is 44.3 Å². The highest BCUT2D eigenvalue weighted by Gasteiger charge is 2.11. The van der Waals surface area contributed by atoms with Gasteiger partial charge in [-0.1, -0.05) is 0 Å². The van der Waals surface area contributed by atoms with Gasteiger partial charge in [0.25, 0.3) is 0 Å². The summed E-state index contributed by atoms with van der Waals surface area (Å²) in [5.41, 5.74) is 6.68. The number of rotatable bonds is 6. The highest BCUT2D eigenvalue weighted by Crippen LogP contribution is 2.33. The maximum absolute atomic E-state index is 5.97. The van der Waals surface area contributed by atoms with Gasteiger partial charge in [-0.15, -0.1) is 0 Å². The summed E-state index contributed by atoms with van der Waals surface area (Å²) in [6.07, 6.45) is 0. The number of nitrogens with zero attached hydrogens (tertiary/aromatic N) is 2. The van der Waals surface area contributed by atoms with Gasteiger partial charge < -0.3 is 25.8 Å². The molecule has 1 heterocycles. The Balaban J connectivity index is 2.42. The van der Waals surface area contributed by atoms with Gasteiger partial charge in [0.05, 0.1) is 19.7 Å². The number of benzene rings is 1. The Kier molecular flexibility index (Phi) is 4.41. The van der Waals surface area contributed by atoms with Gasteiger partial charge in [-0.3, -0.25) is 0 Å². The quantitative estimate of drug-likeness (QED) is 0.674.